The molecule has 4 nitrogen and oxygen atoms in total. The molecule has 4 heteroatoms. The van der Waals surface area contributed by atoms with Gasteiger partial charge in [-0.25, -0.2) is 0 Å². The number of hydrogen-bond donors (Lipinski definition) is 1. The highest BCUT2D eigenvalue weighted by atomic mass is 16.5. The minimum absolute atomic E-state index is 0.253. The van der Waals surface area contributed by atoms with Crippen LogP contribution in [-0.4, -0.2) is 31.7 Å². The van der Waals surface area contributed by atoms with E-state index in [9.17, 15) is 4.79 Å². The molecule has 1 aromatic carbocycles. The number of methoxy groups -OCH3 is 1. The smallest absolute Gasteiger partial charge is 0.325 e. The maximum absolute atomic E-state index is 11.6. The Morgan fingerprint density at radius 3 is 2.20 bits per heavy atom. The topological polar surface area (TPSA) is 41.6 Å². The Morgan fingerprint density at radius 2 is 1.75 bits per heavy atom. The Kier molecular flexibility index (Phi) is 6.02. The number of hydrogen-bond acceptors (Lipinski definition) is 4. The van der Waals surface area contributed by atoms with E-state index in [0.29, 0.717) is 6.54 Å². The van der Waals surface area contributed by atoms with Crippen molar-refractivity contribution in [2.45, 2.75) is 39.8 Å². The Bertz CT molecular complexity index is 423. The van der Waals surface area contributed by atoms with Gasteiger partial charge in [0.1, 0.15) is 5.54 Å². The van der Waals surface area contributed by atoms with Crippen LogP contribution in [0.5, 0.6) is 0 Å². The van der Waals surface area contributed by atoms with Gasteiger partial charge in [0.05, 0.1) is 7.11 Å². The van der Waals surface area contributed by atoms with Crippen molar-refractivity contribution < 1.29 is 9.53 Å². The van der Waals surface area contributed by atoms with Crippen molar-refractivity contribution in [1.29, 1.82) is 0 Å². The molecular weight excluding hydrogens is 252 g/mol. The first-order valence-corrected chi connectivity index (χ1v) is 7.12. The summed E-state index contributed by atoms with van der Waals surface area (Å²) in [5, 5.41) is 3.21. The number of esters is 1. The van der Waals surface area contributed by atoms with E-state index in [0.717, 1.165) is 18.7 Å². The number of carbonyl (C=O) groups excluding carboxylic acids is 1. The van der Waals surface area contributed by atoms with Crippen molar-refractivity contribution in [3.63, 3.8) is 0 Å². The van der Waals surface area contributed by atoms with Gasteiger partial charge in [0.15, 0.2) is 0 Å². The molecule has 0 radical (unpaired) electrons. The van der Waals surface area contributed by atoms with Gasteiger partial charge in [-0.1, -0.05) is 12.1 Å². The molecule has 0 fully saturated rings. The average Bonchev–Trinajstić information content (AvgIpc) is 2.46. The van der Waals surface area contributed by atoms with E-state index in [2.05, 4.69) is 48.3 Å². The Hall–Kier alpha value is -1.55. The monoisotopic (exact) mass is 278 g/mol. The highest BCUT2D eigenvalue weighted by Crippen LogP contribution is 2.15. The Balaban J connectivity index is 2.64. The molecule has 0 heterocycles. The SMILES string of the molecule is CCN(CC)c1ccc(CNC(C)(C)C(=O)OC)cc1. The summed E-state index contributed by atoms with van der Waals surface area (Å²) in [6.45, 7) is 10.6. The molecule has 1 N–H and O–H groups in total. The number of nitrogens with zero attached hydrogens (tertiary/aromatic N) is 1. The van der Waals surface area contributed by atoms with Gasteiger partial charge in [-0.05, 0) is 45.4 Å². The van der Waals surface area contributed by atoms with Gasteiger partial charge in [0, 0.05) is 25.3 Å². The third-order valence-corrected chi connectivity index (χ3v) is 3.50. The number of carbonyl (C=O) groups is 1. The van der Waals surface area contributed by atoms with E-state index in [1.165, 1.54) is 12.8 Å². The summed E-state index contributed by atoms with van der Waals surface area (Å²) < 4.78 is 4.77. The summed E-state index contributed by atoms with van der Waals surface area (Å²) >= 11 is 0. The van der Waals surface area contributed by atoms with E-state index < -0.39 is 5.54 Å². The molecule has 0 atom stereocenters. The van der Waals surface area contributed by atoms with Gasteiger partial charge >= 0.3 is 5.97 Å². The summed E-state index contributed by atoms with van der Waals surface area (Å²) in [5.74, 6) is -0.253. The summed E-state index contributed by atoms with van der Waals surface area (Å²) in [5.41, 5.74) is 1.70. The maximum atomic E-state index is 11.6. The number of rotatable bonds is 7. The number of ether oxygens (including phenoxy) is 1. The highest BCUT2D eigenvalue weighted by Gasteiger charge is 2.27. The van der Waals surface area contributed by atoms with E-state index in [1.54, 1.807) is 0 Å². The van der Waals surface area contributed by atoms with Crippen LogP contribution in [0.4, 0.5) is 5.69 Å². The molecule has 0 aliphatic rings. The van der Waals surface area contributed by atoms with Crippen molar-refractivity contribution in [3.05, 3.63) is 29.8 Å². The third kappa shape index (κ3) is 4.23. The quantitative estimate of drug-likeness (QED) is 0.778. The van der Waals surface area contributed by atoms with E-state index in [4.69, 9.17) is 4.74 Å². The van der Waals surface area contributed by atoms with Gasteiger partial charge in [-0.2, -0.15) is 0 Å². The summed E-state index contributed by atoms with van der Waals surface area (Å²) in [6.07, 6.45) is 0. The first kappa shape index (κ1) is 16.5. The Morgan fingerprint density at radius 1 is 1.20 bits per heavy atom. The number of benzene rings is 1. The molecule has 0 bridgehead atoms. The second-order valence-electron chi connectivity index (χ2n) is 5.31. The summed E-state index contributed by atoms with van der Waals surface area (Å²) in [7, 11) is 1.41. The van der Waals surface area contributed by atoms with E-state index >= 15 is 0 Å². The fourth-order valence-corrected chi connectivity index (χ4v) is 2.06. The molecule has 0 saturated heterocycles. The maximum Gasteiger partial charge on any atom is 0.325 e. The van der Waals surface area contributed by atoms with Crippen LogP contribution in [-0.2, 0) is 16.1 Å². The zero-order valence-corrected chi connectivity index (χ0v) is 13.2. The predicted molar refractivity (Wildman–Crippen MR) is 82.9 cm³/mol. The largest absolute Gasteiger partial charge is 0.468 e. The molecule has 0 aromatic heterocycles. The van der Waals surface area contributed by atoms with E-state index in [1.807, 2.05) is 13.8 Å². The molecule has 0 unspecified atom stereocenters. The van der Waals surface area contributed by atoms with Crippen LogP contribution in [0, 0.1) is 0 Å². The van der Waals surface area contributed by atoms with Crippen LogP contribution in [0.1, 0.15) is 33.3 Å². The van der Waals surface area contributed by atoms with Crippen molar-refractivity contribution >= 4 is 11.7 Å². The van der Waals surface area contributed by atoms with Crippen molar-refractivity contribution in [2.24, 2.45) is 0 Å². The molecule has 0 spiro atoms. The van der Waals surface area contributed by atoms with Crippen LogP contribution in [0.2, 0.25) is 0 Å². The normalized spacial score (nSPS) is 11.2. The zero-order chi connectivity index (χ0) is 15.2. The molecule has 20 heavy (non-hydrogen) atoms. The van der Waals surface area contributed by atoms with Crippen LogP contribution < -0.4 is 10.2 Å². The Labute approximate surface area is 122 Å². The second-order valence-corrected chi connectivity index (χ2v) is 5.31. The lowest BCUT2D eigenvalue weighted by Crippen LogP contribution is -2.46. The molecule has 0 aliphatic heterocycles. The van der Waals surface area contributed by atoms with Gasteiger partial charge in [-0.15, -0.1) is 0 Å². The first-order chi connectivity index (χ1) is 9.44. The predicted octanol–water partition coefficient (Wildman–Crippen LogP) is 2.57. The molecule has 0 amide bonds. The molecule has 1 rings (SSSR count). The molecule has 112 valence electrons. The molecule has 0 saturated carbocycles. The summed E-state index contributed by atoms with van der Waals surface area (Å²) in [4.78, 5) is 13.9. The number of anilines is 1. The average molecular weight is 278 g/mol. The van der Waals surface area contributed by atoms with E-state index in [-0.39, 0.29) is 5.97 Å². The third-order valence-electron chi connectivity index (χ3n) is 3.50. The summed E-state index contributed by atoms with van der Waals surface area (Å²) in [6, 6.07) is 8.42. The van der Waals surface area contributed by atoms with Gasteiger partial charge < -0.3 is 9.64 Å². The number of nitrogens with one attached hydrogen (secondary N) is 1. The lowest BCUT2D eigenvalue weighted by Gasteiger charge is -2.24. The minimum Gasteiger partial charge on any atom is -0.468 e. The lowest BCUT2D eigenvalue weighted by molar-refractivity contribution is -0.147. The molecule has 1 aromatic rings. The molecular formula is C16H26N2O2. The second kappa shape index (κ2) is 7.29. The van der Waals surface area contributed by atoms with Crippen molar-refractivity contribution in [3.8, 4) is 0 Å². The standard InChI is InChI=1S/C16H26N2O2/c1-6-18(7-2)14-10-8-13(9-11-14)12-17-16(3,4)15(19)20-5/h8-11,17H,6-7,12H2,1-5H3. The van der Waals surface area contributed by atoms with Crippen molar-refractivity contribution in [2.75, 3.05) is 25.1 Å². The highest BCUT2D eigenvalue weighted by molar-refractivity contribution is 5.79. The lowest BCUT2D eigenvalue weighted by atomic mass is 10.1. The van der Waals surface area contributed by atoms with Crippen LogP contribution in [0.3, 0.4) is 0 Å². The van der Waals surface area contributed by atoms with Crippen LogP contribution >= 0.6 is 0 Å². The van der Waals surface area contributed by atoms with Crippen molar-refractivity contribution in [1.82, 2.24) is 5.32 Å². The van der Waals surface area contributed by atoms with Crippen LogP contribution in [0.15, 0.2) is 24.3 Å². The van der Waals surface area contributed by atoms with Gasteiger partial charge in [0.2, 0.25) is 0 Å². The zero-order valence-electron chi connectivity index (χ0n) is 13.2. The molecule has 0 aliphatic carbocycles. The minimum atomic E-state index is -0.674. The fraction of sp³-hybridized carbons (Fsp3) is 0.562. The van der Waals surface area contributed by atoms with Crippen LogP contribution in [0.25, 0.3) is 0 Å². The fourth-order valence-electron chi connectivity index (χ4n) is 2.06. The first-order valence-electron chi connectivity index (χ1n) is 7.12. The van der Waals surface area contributed by atoms with Gasteiger partial charge in [-0.3, -0.25) is 10.1 Å². The van der Waals surface area contributed by atoms with Gasteiger partial charge in [0.25, 0.3) is 0 Å².